The molecule has 10 nitrogen and oxygen atoms in total. The number of unbranched alkanes of at least 4 members (excludes halogenated alkanes) is 1. The van der Waals surface area contributed by atoms with Crippen molar-refractivity contribution >= 4 is 17.4 Å². The average molecular weight is 687 g/mol. The molecule has 1 saturated heterocycles. The first-order valence-electron chi connectivity index (χ1n) is 16.9. The van der Waals surface area contributed by atoms with E-state index in [1.807, 2.05) is 101 Å². The number of benzene rings is 4. The van der Waals surface area contributed by atoms with E-state index in [1.54, 1.807) is 16.2 Å². The van der Waals surface area contributed by atoms with Gasteiger partial charge in [-0.1, -0.05) is 48.5 Å². The third-order valence-corrected chi connectivity index (χ3v) is 9.74. The fraction of sp³-hybridized carbons (Fsp3) is 0.231. The lowest BCUT2D eigenvalue weighted by Gasteiger charge is -2.16. The maximum absolute atomic E-state index is 12.2. The molecule has 1 aliphatic heterocycles. The molecule has 0 aliphatic carbocycles. The highest BCUT2D eigenvalue weighted by atomic mass is 32.1. The smallest absolute Gasteiger partial charge is 0.317 e. The number of ether oxygens (including phenoxy) is 2. The first-order valence-corrected chi connectivity index (χ1v) is 17.7. The summed E-state index contributed by atoms with van der Waals surface area (Å²) in [5, 5.41) is 8.44. The van der Waals surface area contributed by atoms with Gasteiger partial charge in [0.05, 0.1) is 27.9 Å². The third kappa shape index (κ3) is 7.54. The van der Waals surface area contributed by atoms with Crippen molar-refractivity contribution in [2.45, 2.75) is 19.3 Å². The number of carbonyl (C=O) groups excluding carboxylic acids is 1. The molecule has 3 heterocycles. The molecule has 0 atom stereocenters. The number of aryl methyl sites for hydroxylation is 2. The van der Waals surface area contributed by atoms with Gasteiger partial charge in [0.2, 0.25) is 0 Å². The van der Waals surface area contributed by atoms with Crippen LogP contribution in [0.3, 0.4) is 0 Å². The van der Waals surface area contributed by atoms with Crippen LogP contribution in [0.25, 0.3) is 38.0 Å². The van der Waals surface area contributed by atoms with Crippen molar-refractivity contribution in [3.63, 3.8) is 0 Å². The van der Waals surface area contributed by atoms with Gasteiger partial charge in [0, 0.05) is 31.1 Å². The number of thiazole rings is 1. The summed E-state index contributed by atoms with van der Waals surface area (Å²) in [6.07, 6.45) is 4.94. The number of carbonyl (C=O) groups is 1. The van der Waals surface area contributed by atoms with E-state index >= 15 is 0 Å². The van der Waals surface area contributed by atoms with Crippen LogP contribution < -0.4 is 25.2 Å². The van der Waals surface area contributed by atoms with Crippen LogP contribution >= 0.6 is 11.3 Å². The Morgan fingerprint density at radius 2 is 1.68 bits per heavy atom. The van der Waals surface area contributed by atoms with Gasteiger partial charge in [0.1, 0.15) is 35.9 Å². The number of amides is 2. The molecular weight excluding hydrogens is 647 g/mol. The minimum atomic E-state index is -0.0639. The summed E-state index contributed by atoms with van der Waals surface area (Å²) in [6, 6.07) is 34.2. The zero-order valence-electron chi connectivity index (χ0n) is 28.0. The van der Waals surface area contributed by atoms with Crippen molar-refractivity contribution in [3.8, 4) is 55.2 Å². The largest absolute Gasteiger partial charge is 0.491 e. The third-order valence-electron chi connectivity index (χ3n) is 8.60. The predicted molar refractivity (Wildman–Crippen MR) is 196 cm³/mol. The highest BCUT2D eigenvalue weighted by Gasteiger charge is 2.23. The molecule has 7 rings (SSSR count). The first kappa shape index (κ1) is 33.0. The number of nitrogens with one attached hydrogen (secondary N) is 1. The molecule has 0 bridgehead atoms. The van der Waals surface area contributed by atoms with Gasteiger partial charge in [-0.3, -0.25) is 0 Å². The molecular formula is C39H40N7O3S+. The number of nitrogens with zero attached hydrogens (tertiary/aromatic N) is 5. The van der Waals surface area contributed by atoms with Crippen LogP contribution in [-0.2, 0) is 13.5 Å². The zero-order valence-corrected chi connectivity index (χ0v) is 28.8. The van der Waals surface area contributed by atoms with E-state index in [4.69, 9.17) is 25.4 Å². The highest BCUT2D eigenvalue weighted by Crippen LogP contribution is 2.43. The van der Waals surface area contributed by atoms with E-state index in [0.717, 1.165) is 74.4 Å². The Bertz CT molecular complexity index is 2050. The molecule has 254 valence electrons. The molecule has 0 saturated carbocycles. The standard InChI is InChI=1S/C39H39N7O3S/c1-44-31(12-8-9-21-40)27-46(43-44)30-17-20-34(35(26-30)48-25-24-45-23-22-41-39(45)47)38-42-36(37(50-38)29-10-4-2-5-11-29)28-15-18-33(19-16-28)49-32-13-6-3-7-14-32/h2-7,10-11,13-20,26-27H,8-9,12,21-25,40H2,1H3/p+1. The van der Waals surface area contributed by atoms with Crippen LogP contribution in [0.4, 0.5) is 4.79 Å². The molecule has 2 aromatic heterocycles. The maximum atomic E-state index is 12.2. The quantitative estimate of drug-likeness (QED) is 0.0983. The minimum absolute atomic E-state index is 0.0639. The zero-order chi connectivity index (χ0) is 34.3. The van der Waals surface area contributed by atoms with E-state index in [-0.39, 0.29) is 6.03 Å². The van der Waals surface area contributed by atoms with E-state index < -0.39 is 0 Å². The lowest BCUT2D eigenvalue weighted by Crippen LogP contribution is -2.33. The van der Waals surface area contributed by atoms with Crippen molar-refractivity contribution in [2.24, 2.45) is 12.8 Å². The molecule has 50 heavy (non-hydrogen) atoms. The molecule has 11 heteroatoms. The number of aromatic nitrogens is 4. The Balaban J connectivity index is 1.24. The van der Waals surface area contributed by atoms with Crippen molar-refractivity contribution in [3.05, 3.63) is 115 Å². The summed E-state index contributed by atoms with van der Waals surface area (Å²) in [5.41, 5.74) is 11.5. The number of urea groups is 1. The van der Waals surface area contributed by atoms with Gasteiger partial charge < -0.3 is 25.4 Å². The summed E-state index contributed by atoms with van der Waals surface area (Å²) in [7, 11) is 1.96. The Morgan fingerprint density at radius 3 is 2.42 bits per heavy atom. The van der Waals surface area contributed by atoms with Crippen LogP contribution in [0.2, 0.25) is 0 Å². The molecule has 1 aliphatic rings. The summed E-state index contributed by atoms with van der Waals surface area (Å²) < 4.78 is 16.3. The lowest BCUT2D eigenvalue weighted by molar-refractivity contribution is -0.661. The highest BCUT2D eigenvalue weighted by molar-refractivity contribution is 7.19. The normalized spacial score (nSPS) is 12.7. The summed E-state index contributed by atoms with van der Waals surface area (Å²) in [6.45, 7) is 2.81. The second-order valence-corrected chi connectivity index (χ2v) is 13.1. The molecule has 1 fully saturated rings. The number of para-hydroxylation sites is 1. The molecule has 0 radical (unpaired) electrons. The fourth-order valence-electron chi connectivity index (χ4n) is 5.92. The van der Waals surface area contributed by atoms with Gasteiger partial charge in [0.25, 0.3) is 0 Å². The average Bonchev–Trinajstić information content (AvgIpc) is 3.88. The molecule has 0 spiro atoms. The van der Waals surface area contributed by atoms with E-state index in [1.165, 1.54) is 0 Å². The summed E-state index contributed by atoms with van der Waals surface area (Å²) in [4.78, 5) is 20.3. The van der Waals surface area contributed by atoms with E-state index in [2.05, 4.69) is 29.7 Å². The van der Waals surface area contributed by atoms with Crippen molar-refractivity contribution in [1.82, 2.24) is 25.1 Å². The second kappa shape index (κ2) is 15.4. The summed E-state index contributed by atoms with van der Waals surface area (Å²) >= 11 is 1.63. The second-order valence-electron chi connectivity index (χ2n) is 12.1. The number of nitrogens with two attached hydrogens (primary N) is 1. The van der Waals surface area contributed by atoms with E-state index in [9.17, 15) is 4.79 Å². The monoisotopic (exact) mass is 686 g/mol. The molecule has 0 unspecified atom stereocenters. The Hall–Kier alpha value is -5.52. The molecule has 3 N–H and O–H groups in total. The van der Waals surface area contributed by atoms with Crippen molar-refractivity contribution in [2.75, 3.05) is 32.8 Å². The summed E-state index contributed by atoms with van der Waals surface area (Å²) in [5.74, 6) is 2.22. The van der Waals surface area contributed by atoms with Gasteiger partial charge in [-0.25, -0.2) is 9.78 Å². The fourth-order valence-corrected chi connectivity index (χ4v) is 7.04. The molecule has 4 aromatic carbocycles. The van der Waals surface area contributed by atoms with Crippen molar-refractivity contribution in [1.29, 1.82) is 0 Å². The van der Waals surface area contributed by atoms with Crippen LogP contribution in [-0.4, -0.2) is 58.6 Å². The van der Waals surface area contributed by atoms with Gasteiger partial charge in [0.15, 0.2) is 17.6 Å². The van der Waals surface area contributed by atoms with Crippen LogP contribution in [0.1, 0.15) is 18.5 Å². The maximum Gasteiger partial charge on any atom is 0.317 e. The number of hydrogen-bond donors (Lipinski definition) is 2. The van der Waals surface area contributed by atoms with Gasteiger partial charge in [-0.15, -0.1) is 20.7 Å². The Kier molecular flexibility index (Phi) is 10.1. The lowest BCUT2D eigenvalue weighted by atomic mass is 10.1. The van der Waals surface area contributed by atoms with Crippen LogP contribution in [0.15, 0.2) is 109 Å². The number of rotatable bonds is 14. The van der Waals surface area contributed by atoms with Gasteiger partial charge in [-0.05, 0) is 73.5 Å². The molecule has 2 amide bonds. The number of hydrogen-bond acceptors (Lipinski definition) is 7. The molecule has 6 aromatic rings. The van der Waals surface area contributed by atoms with Gasteiger partial charge in [-0.2, -0.15) is 0 Å². The van der Waals surface area contributed by atoms with Gasteiger partial charge >= 0.3 is 6.03 Å². The predicted octanol–water partition coefficient (Wildman–Crippen LogP) is 6.63. The minimum Gasteiger partial charge on any atom is -0.491 e. The topological polar surface area (TPSA) is 111 Å². The van der Waals surface area contributed by atoms with Crippen LogP contribution in [0, 0.1) is 0 Å². The van der Waals surface area contributed by atoms with E-state index in [0.29, 0.717) is 38.5 Å². The first-order chi connectivity index (χ1) is 24.6. The van der Waals surface area contributed by atoms with Crippen molar-refractivity contribution < 1.29 is 19.0 Å². The van der Waals surface area contributed by atoms with Crippen LogP contribution in [0.5, 0.6) is 17.2 Å². The Labute approximate surface area is 295 Å². The SMILES string of the molecule is Cn1n[n+](-c2ccc(-c3nc(-c4ccc(Oc5ccccc5)cc4)c(-c4ccccc4)s3)c(OCCN3CCNC3=O)c2)cc1CCCCN. The Morgan fingerprint density at radius 1 is 0.920 bits per heavy atom.